The molecule has 7 rings (SSSR count). The van der Waals surface area contributed by atoms with Crippen LogP contribution in [-0.2, 0) is 132 Å². The third kappa shape index (κ3) is 36.1. The van der Waals surface area contributed by atoms with Crippen molar-refractivity contribution in [2.24, 2.45) is 22.4 Å². The Kier molecular flexibility index (Phi) is 48.1. The molecule has 5 aliphatic rings. The number of Topliss-reactive ketones (excluding diaryl/α,β-unsaturated/α-hetero) is 2. The summed E-state index contributed by atoms with van der Waals surface area (Å²) in [6.07, 6.45) is -30.0. The lowest BCUT2D eigenvalue weighted by Gasteiger charge is -2.48. The van der Waals surface area contributed by atoms with Crippen LogP contribution in [0.5, 0.6) is 0 Å². The Morgan fingerprint density at radius 3 is 1.67 bits per heavy atom. The second-order valence-electron chi connectivity index (χ2n) is 36.7. The molecule has 0 spiro atoms. The van der Waals surface area contributed by atoms with Crippen LogP contribution in [0, 0.1) is 5.92 Å². The van der Waals surface area contributed by atoms with Crippen molar-refractivity contribution >= 4 is 118 Å². The number of carbonyl (C=O) groups excluding carboxylic acids is 17. The van der Waals surface area contributed by atoms with Crippen LogP contribution in [0.3, 0.4) is 0 Å². The molecule has 5 saturated heterocycles. The van der Waals surface area contributed by atoms with Crippen LogP contribution in [0.4, 0.5) is 0 Å². The number of aliphatic imine (C=N–C) groups is 1. The summed E-state index contributed by atoms with van der Waals surface area (Å²) < 4.78 is 36.2. The van der Waals surface area contributed by atoms with Gasteiger partial charge in [-0.3, -0.25) is 91.3 Å². The number of hydrogen-bond acceptors (Lipinski definition) is 37. The number of imidazole rings is 1. The molecule has 15 amide bonds. The van der Waals surface area contributed by atoms with Gasteiger partial charge in [-0.2, -0.15) is 0 Å². The molecule has 0 radical (unpaired) electrons. The number of carboxylic acid groups (broad SMARTS) is 2. The summed E-state index contributed by atoms with van der Waals surface area (Å²) in [5.74, 6) is -21.2. The maximum Gasteiger partial charge on any atom is 0.305 e. The fourth-order valence-electron chi connectivity index (χ4n) is 16.9. The van der Waals surface area contributed by atoms with Gasteiger partial charge in [-0.05, 0) is 97.5 Å². The first-order chi connectivity index (χ1) is 69.4. The normalized spacial score (nSPS) is 25.2. The van der Waals surface area contributed by atoms with Gasteiger partial charge in [-0.1, -0.05) is 44.2 Å². The van der Waals surface area contributed by atoms with Gasteiger partial charge in [0.05, 0.1) is 64.0 Å². The first kappa shape index (κ1) is 121. The number of rotatable bonds is 56. The predicted molar refractivity (Wildman–Crippen MR) is 501 cm³/mol. The minimum absolute atomic E-state index is 0.00315. The first-order valence-corrected chi connectivity index (χ1v) is 47.8. The molecule has 0 aliphatic carbocycles. The van der Waals surface area contributed by atoms with Gasteiger partial charge in [0.2, 0.25) is 88.6 Å². The van der Waals surface area contributed by atoms with Crippen molar-refractivity contribution in [1.82, 2.24) is 88.9 Å². The van der Waals surface area contributed by atoms with Crippen molar-refractivity contribution < 1.29 is 181 Å². The van der Waals surface area contributed by atoms with Gasteiger partial charge in [0.25, 0.3) is 0 Å². The van der Waals surface area contributed by atoms with E-state index < -0.39 is 341 Å². The Hall–Kier alpha value is -12.6. The van der Waals surface area contributed by atoms with E-state index in [0.717, 1.165) is 39.5 Å². The second-order valence-corrected chi connectivity index (χ2v) is 36.7. The molecule has 5 aliphatic heterocycles. The number of guanidine groups is 1. The van der Waals surface area contributed by atoms with E-state index in [1.54, 1.807) is 30.3 Å². The summed E-state index contributed by atoms with van der Waals surface area (Å²) in [7, 11) is 0. The van der Waals surface area contributed by atoms with Gasteiger partial charge in [-0.15, -0.1) is 0 Å². The van der Waals surface area contributed by atoms with E-state index >= 15 is 9.59 Å². The number of aliphatic hydroxyl groups excluding tert-OH is 10. The highest BCUT2D eigenvalue weighted by Gasteiger charge is 2.55. The van der Waals surface area contributed by atoms with Crippen molar-refractivity contribution in [3.05, 3.63) is 54.1 Å². The highest BCUT2D eigenvalue weighted by Crippen LogP contribution is 2.34. The molecular formula is C90H138N20O37. The summed E-state index contributed by atoms with van der Waals surface area (Å²) in [6, 6.07) is -15.9. The average Bonchev–Trinajstić information content (AvgIpc) is 1.47. The van der Waals surface area contributed by atoms with Gasteiger partial charge in [0.15, 0.2) is 30.6 Å². The van der Waals surface area contributed by atoms with Crippen molar-refractivity contribution in [1.29, 1.82) is 0 Å². The van der Waals surface area contributed by atoms with Crippen LogP contribution in [-0.4, -0.2) is 428 Å². The third-order valence-electron chi connectivity index (χ3n) is 24.7. The number of aromatic amines is 1. The maximum atomic E-state index is 15.5. The van der Waals surface area contributed by atoms with Gasteiger partial charge < -0.3 is 190 Å². The average molecular weight is 2090 g/mol. The predicted octanol–water partition coefficient (Wildman–Crippen LogP) is -12.9. The van der Waals surface area contributed by atoms with Gasteiger partial charge in [0, 0.05) is 77.5 Å². The van der Waals surface area contributed by atoms with E-state index in [-0.39, 0.29) is 101 Å². The number of hydrogen-bond donors (Lipinski definition) is 28. The van der Waals surface area contributed by atoms with Gasteiger partial charge >= 0.3 is 11.9 Å². The largest absolute Gasteiger partial charge is 0.481 e. The summed E-state index contributed by atoms with van der Waals surface area (Å²) in [5.41, 5.74) is 12.0. The van der Waals surface area contributed by atoms with Crippen molar-refractivity contribution in [2.45, 2.75) is 329 Å². The standard InChI is InChI=1S/C90H138N20O37/c1-39(2)64(106-61(120)33-95-76(131)52(30-48-32-93-38-96-48)103-77(132)49(24-25-62(121)122)101-78(133)51(29-47-18-11-10-12-19-47)100-60(119)23-13-17-40(3)114)82(137)107-65(43(6)116)83(138)105-54(34-111)80(135)97-41(4)85(140)110-28-16-22-56(110)81(136)104-53(31-63(123)124)79(134)108-66(84(139)102-50(20-14-26-94-90(91)92)86(141)109-27-15-21-55(109)42(5)115)44(7)143-88-68(99-46(9)118)75(147-89-74(130)73(129)70(126)58(36-113)145-89)71(127)59(146-88)37-142-87-67(98-45(8)117)72(128)69(125)57(35-112)144-87/h10-12,18-19,32,38-39,41,43-44,49-59,64-75,87-89,111-113,116,125-130H,13-17,20-31,33-37H2,1-9H3,(H,93,96)(H,95,131)(H,97,135)(H,98,117)(H,99,118)(H,100,119)(H,101,133)(H,102,139)(H,103,132)(H,104,136)(H,105,138)(H,106,120)(H,107,137)(H,108,134)(H,121,122)(H,123,124)(H4,91,92,94)/t41?,43?,44?,49?,50?,51?,52?,53?,54?,55?,56?,57-,58-,59-,64?,65?,66?,67?,68?,69-,70-,71-,72?,73?,74?,75?,87+,88+,89-/m1/s1. The molecule has 57 nitrogen and oxygen atoms in total. The molecule has 820 valence electrons. The molecule has 29 atom stereocenters. The van der Waals surface area contributed by atoms with Gasteiger partial charge in [0.1, 0.15) is 145 Å². The monoisotopic (exact) mass is 2090 g/mol. The molecule has 57 heteroatoms. The maximum absolute atomic E-state index is 15.5. The molecule has 30 N–H and O–H groups in total. The number of carboxylic acids is 2. The molecule has 1 aromatic carbocycles. The molecule has 20 unspecified atom stereocenters. The number of nitrogens with two attached hydrogens (primary N) is 2. The zero-order valence-electron chi connectivity index (χ0n) is 82.4. The quantitative estimate of drug-likeness (QED) is 0.0166. The summed E-state index contributed by atoms with van der Waals surface area (Å²) in [5, 5.41) is 160. The van der Waals surface area contributed by atoms with E-state index in [0.29, 0.717) is 12.0 Å². The number of aromatic nitrogens is 2. The number of nitrogens with one attached hydrogen (secondary N) is 14. The highest BCUT2D eigenvalue weighted by atomic mass is 16.7. The Balaban J connectivity index is 1.08. The molecule has 1 aromatic heterocycles. The molecule has 5 fully saturated rings. The zero-order chi connectivity index (χ0) is 109. The highest BCUT2D eigenvalue weighted by molar-refractivity contribution is 6.01. The molecule has 0 bridgehead atoms. The molecule has 147 heavy (non-hydrogen) atoms. The van der Waals surface area contributed by atoms with Crippen LogP contribution in [0.2, 0.25) is 0 Å². The van der Waals surface area contributed by atoms with E-state index in [1.165, 1.54) is 45.1 Å². The smallest absolute Gasteiger partial charge is 0.305 e. The summed E-state index contributed by atoms with van der Waals surface area (Å²) in [4.78, 5) is 274. The number of H-pyrrole nitrogens is 1. The van der Waals surface area contributed by atoms with Crippen molar-refractivity contribution in [3.8, 4) is 0 Å². The van der Waals surface area contributed by atoms with Crippen LogP contribution < -0.4 is 80.6 Å². The Bertz CT molecular complexity index is 4870. The minimum Gasteiger partial charge on any atom is -0.481 e. The van der Waals surface area contributed by atoms with Crippen LogP contribution >= 0.6 is 0 Å². The molecule has 2 aromatic rings. The van der Waals surface area contributed by atoms with Crippen molar-refractivity contribution in [3.63, 3.8) is 0 Å². The van der Waals surface area contributed by atoms with E-state index in [4.69, 9.17) is 39.9 Å². The number of amides is 15. The fraction of sp³-hybridized carbons (Fsp3) is 0.678. The lowest BCUT2D eigenvalue weighted by Crippen LogP contribution is -2.69. The zero-order valence-corrected chi connectivity index (χ0v) is 82.4. The summed E-state index contributed by atoms with van der Waals surface area (Å²) >= 11 is 0. The lowest BCUT2D eigenvalue weighted by atomic mass is 9.94. The van der Waals surface area contributed by atoms with E-state index in [9.17, 15) is 143 Å². The van der Waals surface area contributed by atoms with Crippen molar-refractivity contribution in [2.75, 3.05) is 52.6 Å². The second kappa shape index (κ2) is 58.2. The molecular weight excluding hydrogens is 1950 g/mol. The van der Waals surface area contributed by atoms with E-state index in [1.807, 2.05) is 0 Å². The Morgan fingerprint density at radius 1 is 0.524 bits per heavy atom. The SMILES string of the molecule is CC(=O)CCCC(=O)NC(Cc1ccccc1)C(=O)NC(CCC(=O)O)C(=O)NC(Cc1cnc[nH]1)C(=O)NCC(=O)NC(C(=O)NC(C(=O)NC(CO)C(=O)NC(C)C(=O)N1CCCC1C(=O)NC(CC(=O)O)C(=O)NC(C(=O)NC(CCCN=C(N)N)C(=O)N1CCCC1C(C)=O)C(C)O[C@H]1O[C@H](CO[C@H]2O[C@H](CO)[C@@H](O)C(O)C2NC(C)=O)[C@@H](O)C(O[C@H]2O[C@H](CO)[C@@H](O)C(O)C2O)C1NC(C)=O)C(C)O)C(C)C. The number of likely N-dealkylation sites (tertiary alicyclic amines) is 2. The third-order valence-corrected chi connectivity index (χ3v) is 24.7. The van der Waals surface area contributed by atoms with Crippen LogP contribution in [0.15, 0.2) is 47.8 Å². The number of carbonyl (C=O) groups is 19. The van der Waals surface area contributed by atoms with Crippen LogP contribution in [0.25, 0.3) is 0 Å². The van der Waals surface area contributed by atoms with E-state index in [2.05, 4.69) is 84.1 Å². The number of benzene rings is 1. The first-order valence-electron chi connectivity index (χ1n) is 47.8. The fourth-order valence-corrected chi connectivity index (χ4v) is 16.9. The number of aliphatic hydroxyl groups is 10. The molecule has 0 saturated carbocycles. The van der Waals surface area contributed by atoms with Crippen LogP contribution in [0.1, 0.15) is 151 Å². The lowest BCUT2D eigenvalue weighted by molar-refractivity contribution is -0.352. The van der Waals surface area contributed by atoms with Gasteiger partial charge in [-0.25, -0.2) is 4.98 Å². The number of ketones is 2. The minimum atomic E-state index is -2.30. The number of aliphatic carboxylic acids is 2. The number of ether oxygens (including phenoxy) is 6. The molecule has 6 heterocycles. The Labute approximate surface area is 842 Å². The number of nitrogens with zero attached hydrogens (tertiary/aromatic N) is 4. The topological polar surface area (TPSA) is 878 Å². The summed E-state index contributed by atoms with van der Waals surface area (Å²) in [6.45, 7) is 5.15. The Morgan fingerprint density at radius 2 is 1.08 bits per heavy atom.